The molecule has 0 bridgehead atoms. The topological polar surface area (TPSA) is 46.2 Å². The van der Waals surface area contributed by atoms with E-state index >= 15 is 0 Å². The molecule has 4 rings (SSSR count). The number of hydrogen-bond donors (Lipinski definition) is 1. The number of ketones is 1. The first-order valence-electron chi connectivity index (χ1n) is 8.78. The first kappa shape index (κ1) is 17.5. The first-order chi connectivity index (χ1) is 13.0. The van der Waals surface area contributed by atoms with Crippen LogP contribution in [0.4, 0.5) is 5.69 Å². The van der Waals surface area contributed by atoms with Crippen LogP contribution < -0.4 is 5.32 Å². The molecule has 1 N–H and O–H groups in total. The maximum atomic E-state index is 12.6. The molecule has 1 amide bonds. The lowest BCUT2D eigenvalue weighted by molar-refractivity contribution is -0.120. The van der Waals surface area contributed by atoms with Gasteiger partial charge in [0.15, 0.2) is 5.78 Å². The molecular weight excluding hydrogens is 358 g/mol. The van der Waals surface area contributed by atoms with E-state index < -0.39 is 5.41 Å². The van der Waals surface area contributed by atoms with Gasteiger partial charge in [0, 0.05) is 11.1 Å². The van der Waals surface area contributed by atoms with Crippen molar-refractivity contribution in [2.75, 3.05) is 5.32 Å². The highest BCUT2D eigenvalue weighted by Gasteiger charge is 2.43. The van der Waals surface area contributed by atoms with Crippen LogP contribution in [0.5, 0.6) is 0 Å². The summed E-state index contributed by atoms with van der Waals surface area (Å²) in [6.07, 6.45) is 0.534. The molecule has 3 aromatic rings. The second-order valence-electron chi connectivity index (χ2n) is 7.02. The zero-order valence-corrected chi connectivity index (χ0v) is 15.6. The molecule has 4 heteroatoms. The number of nitrogens with one attached hydrogen (secondary N) is 1. The van der Waals surface area contributed by atoms with Gasteiger partial charge in [0.1, 0.15) is 0 Å². The number of carbonyl (C=O) groups is 2. The molecule has 1 heterocycles. The Balaban J connectivity index is 1.60. The van der Waals surface area contributed by atoms with Crippen molar-refractivity contribution in [3.8, 4) is 0 Å². The Bertz CT molecular complexity index is 1030. The first-order valence-corrected chi connectivity index (χ1v) is 9.16. The van der Waals surface area contributed by atoms with Gasteiger partial charge in [0.05, 0.1) is 16.1 Å². The van der Waals surface area contributed by atoms with Crippen molar-refractivity contribution < 1.29 is 9.59 Å². The largest absolute Gasteiger partial charge is 0.324 e. The number of rotatable bonds is 4. The van der Waals surface area contributed by atoms with Gasteiger partial charge >= 0.3 is 0 Å². The third kappa shape index (κ3) is 3.04. The molecule has 3 aromatic carbocycles. The fraction of sp³-hybridized carbons (Fsp3) is 0.130. The molecule has 3 nitrogen and oxygen atoms in total. The van der Waals surface area contributed by atoms with Gasteiger partial charge in [-0.15, -0.1) is 0 Å². The quantitative estimate of drug-likeness (QED) is 0.650. The minimum Gasteiger partial charge on any atom is -0.324 e. The van der Waals surface area contributed by atoms with E-state index in [-0.39, 0.29) is 11.7 Å². The summed E-state index contributed by atoms with van der Waals surface area (Å²) in [7, 11) is 0. The summed E-state index contributed by atoms with van der Waals surface area (Å²) < 4.78 is 0. The van der Waals surface area contributed by atoms with Crippen LogP contribution in [0, 0.1) is 0 Å². The molecule has 0 saturated heterocycles. The summed E-state index contributed by atoms with van der Waals surface area (Å²) in [6.45, 7) is 1.92. The minimum absolute atomic E-state index is 0.0101. The molecule has 1 aliphatic heterocycles. The number of carbonyl (C=O) groups excluding carboxylic acids is 2. The zero-order chi connectivity index (χ0) is 19.0. The molecule has 27 heavy (non-hydrogen) atoms. The average Bonchev–Trinajstić information content (AvgIpc) is 2.94. The Morgan fingerprint density at radius 1 is 0.926 bits per heavy atom. The molecule has 0 radical (unpaired) electrons. The van der Waals surface area contributed by atoms with E-state index in [1.165, 1.54) is 0 Å². The number of amides is 1. The van der Waals surface area contributed by atoms with Crippen molar-refractivity contribution in [2.45, 2.75) is 18.8 Å². The van der Waals surface area contributed by atoms with Crippen molar-refractivity contribution in [1.29, 1.82) is 0 Å². The lowest BCUT2D eigenvalue weighted by atomic mass is 9.78. The smallest absolute Gasteiger partial charge is 0.235 e. The Morgan fingerprint density at radius 3 is 2.30 bits per heavy atom. The summed E-state index contributed by atoms with van der Waals surface area (Å²) in [5.74, 6) is -0.0702. The van der Waals surface area contributed by atoms with Crippen LogP contribution >= 0.6 is 11.6 Å². The summed E-state index contributed by atoms with van der Waals surface area (Å²) in [4.78, 5) is 25.2. The molecule has 1 atom stereocenters. The van der Waals surface area contributed by atoms with E-state index in [0.717, 1.165) is 11.1 Å². The predicted molar refractivity (Wildman–Crippen MR) is 107 cm³/mol. The van der Waals surface area contributed by atoms with Gasteiger partial charge in [-0.25, -0.2) is 0 Å². The molecule has 0 fully saturated rings. The van der Waals surface area contributed by atoms with Crippen LogP contribution in [0.2, 0.25) is 5.02 Å². The Morgan fingerprint density at radius 2 is 1.59 bits per heavy atom. The van der Waals surface area contributed by atoms with E-state index in [1.54, 1.807) is 18.2 Å². The zero-order valence-electron chi connectivity index (χ0n) is 14.8. The van der Waals surface area contributed by atoms with Gasteiger partial charge in [-0.3, -0.25) is 9.59 Å². The van der Waals surface area contributed by atoms with E-state index in [0.29, 0.717) is 28.3 Å². The molecule has 0 aromatic heterocycles. The van der Waals surface area contributed by atoms with Crippen molar-refractivity contribution in [2.24, 2.45) is 0 Å². The van der Waals surface area contributed by atoms with Crippen LogP contribution in [-0.2, 0) is 16.6 Å². The lowest BCUT2D eigenvalue weighted by Gasteiger charge is -2.22. The number of halogens is 1. The number of fused-ring (bicyclic) bond motifs is 1. The Labute approximate surface area is 163 Å². The van der Waals surface area contributed by atoms with Gasteiger partial charge in [-0.2, -0.15) is 0 Å². The summed E-state index contributed by atoms with van der Waals surface area (Å²) in [5.41, 5.74) is 3.20. The number of para-hydroxylation sites is 1. The summed E-state index contributed by atoms with van der Waals surface area (Å²) in [6, 6.07) is 22.2. The summed E-state index contributed by atoms with van der Waals surface area (Å²) in [5, 5.41) is 3.45. The highest BCUT2D eigenvalue weighted by atomic mass is 35.5. The van der Waals surface area contributed by atoms with Gasteiger partial charge in [0.25, 0.3) is 0 Å². The van der Waals surface area contributed by atoms with E-state index in [2.05, 4.69) is 5.32 Å². The monoisotopic (exact) mass is 375 g/mol. The predicted octanol–water partition coefficient (Wildman–Crippen LogP) is 5.02. The third-order valence-electron chi connectivity index (χ3n) is 5.16. The fourth-order valence-electron chi connectivity index (χ4n) is 3.60. The molecule has 1 aliphatic rings. The molecule has 0 spiro atoms. The molecule has 0 saturated carbocycles. The van der Waals surface area contributed by atoms with Crippen molar-refractivity contribution in [3.63, 3.8) is 0 Å². The van der Waals surface area contributed by atoms with Gasteiger partial charge in [-0.1, -0.05) is 78.3 Å². The van der Waals surface area contributed by atoms with E-state index in [9.17, 15) is 9.59 Å². The highest BCUT2D eigenvalue weighted by molar-refractivity contribution is 6.34. The number of hydrogen-bond acceptors (Lipinski definition) is 2. The lowest BCUT2D eigenvalue weighted by Crippen LogP contribution is -2.33. The van der Waals surface area contributed by atoms with Crippen LogP contribution in [0.3, 0.4) is 0 Å². The molecular formula is C23H18ClNO2. The third-order valence-corrected chi connectivity index (χ3v) is 5.47. The average molecular weight is 376 g/mol. The maximum Gasteiger partial charge on any atom is 0.235 e. The van der Waals surface area contributed by atoms with E-state index in [1.807, 2.05) is 61.5 Å². The summed E-state index contributed by atoms with van der Waals surface area (Å²) >= 11 is 6.23. The number of benzene rings is 3. The van der Waals surface area contributed by atoms with Crippen LogP contribution in [-0.4, -0.2) is 11.7 Å². The standard InChI is InChI=1S/C23H18ClNO2/c1-23(18-8-5-9-19(24)20(18)25-22(23)27)14-15-10-12-17(13-11-15)21(26)16-6-3-2-4-7-16/h2-13H,14H2,1H3,(H,25,27). The second-order valence-corrected chi connectivity index (χ2v) is 7.42. The molecule has 134 valence electrons. The second kappa shape index (κ2) is 6.67. The number of anilines is 1. The molecule has 1 unspecified atom stereocenters. The SMILES string of the molecule is CC1(Cc2ccc(C(=O)c3ccccc3)cc2)C(=O)Nc2c(Cl)cccc21. The van der Waals surface area contributed by atoms with Crippen molar-refractivity contribution in [3.05, 3.63) is 100 Å². The van der Waals surface area contributed by atoms with Crippen molar-refractivity contribution >= 4 is 29.0 Å². The maximum absolute atomic E-state index is 12.6. The van der Waals surface area contributed by atoms with Crippen LogP contribution in [0.15, 0.2) is 72.8 Å². The highest BCUT2D eigenvalue weighted by Crippen LogP contribution is 2.43. The van der Waals surface area contributed by atoms with E-state index in [4.69, 9.17) is 11.6 Å². The fourth-order valence-corrected chi connectivity index (χ4v) is 3.82. The van der Waals surface area contributed by atoms with Gasteiger partial charge in [0.2, 0.25) is 5.91 Å². The van der Waals surface area contributed by atoms with Gasteiger partial charge < -0.3 is 5.32 Å². The molecule has 0 aliphatic carbocycles. The minimum atomic E-state index is -0.689. The van der Waals surface area contributed by atoms with Crippen LogP contribution in [0.25, 0.3) is 0 Å². The normalized spacial score (nSPS) is 18.1. The van der Waals surface area contributed by atoms with Crippen LogP contribution in [0.1, 0.15) is 34.0 Å². The van der Waals surface area contributed by atoms with Gasteiger partial charge in [-0.05, 0) is 30.5 Å². The Hall–Kier alpha value is -2.91. The van der Waals surface area contributed by atoms with Crippen molar-refractivity contribution in [1.82, 2.24) is 0 Å². The Kier molecular flexibility index (Phi) is 4.33.